The molecule has 1 aromatic carbocycles. The van der Waals surface area contributed by atoms with E-state index in [4.69, 9.17) is 15.3 Å². The van der Waals surface area contributed by atoms with Gasteiger partial charge in [-0.2, -0.15) is 0 Å². The van der Waals surface area contributed by atoms with Gasteiger partial charge in [0.25, 0.3) is 0 Å². The zero-order chi connectivity index (χ0) is 9.14. The fraction of sp³-hybridized carbons (Fsp3) is 0.125. The number of carbonyl (C=O) groups is 1. The number of aliphatic hydroxyl groups excluding tert-OH is 1. The first-order chi connectivity index (χ1) is 5.61. The third-order valence-corrected chi connectivity index (χ3v) is 1.44. The first-order valence-electron chi connectivity index (χ1n) is 3.31. The quantitative estimate of drug-likeness (QED) is 0.570. The van der Waals surface area contributed by atoms with Gasteiger partial charge in [0.05, 0.1) is 0 Å². The van der Waals surface area contributed by atoms with Crippen molar-refractivity contribution in [3.05, 3.63) is 29.8 Å². The number of aromatic hydroxyl groups is 1. The van der Waals surface area contributed by atoms with Gasteiger partial charge >= 0.3 is 35.5 Å². The second kappa shape index (κ2) is 5.24. The summed E-state index contributed by atoms with van der Waals surface area (Å²) in [4.78, 5) is 10.3. The van der Waals surface area contributed by atoms with E-state index in [0.29, 0.717) is 0 Å². The van der Waals surface area contributed by atoms with Crippen LogP contribution in [0.3, 0.4) is 0 Å². The van der Waals surface area contributed by atoms with Gasteiger partial charge in [-0.3, -0.25) is 0 Å². The molecule has 5 heteroatoms. The number of aliphatic carboxylic acids is 1. The molecule has 0 radical (unpaired) electrons. The van der Waals surface area contributed by atoms with Crippen LogP contribution in [0.5, 0.6) is 5.75 Å². The molecular weight excluding hydrogens is 183 g/mol. The Morgan fingerprint density at radius 2 is 1.69 bits per heavy atom. The number of carboxylic acids is 1. The first-order valence-corrected chi connectivity index (χ1v) is 3.31. The molecule has 0 aliphatic heterocycles. The van der Waals surface area contributed by atoms with Crippen LogP contribution in [-0.4, -0.2) is 50.8 Å². The summed E-state index contributed by atoms with van der Waals surface area (Å²) in [5.74, 6) is -1.27. The molecule has 4 nitrogen and oxygen atoms in total. The van der Waals surface area contributed by atoms with Gasteiger partial charge in [0.1, 0.15) is 5.75 Å². The predicted molar refractivity (Wildman–Crippen MR) is 47.9 cm³/mol. The summed E-state index contributed by atoms with van der Waals surface area (Å²) >= 11 is 0. The summed E-state index contributed by atoms with van der Waals surface area (Å²) in [6.07, 6.45) is -1.52. The Morgan fingerprint density at radius 3 is 2.08 bits per heavy atom. The summed E-state index contributed by atoms with van der Waals surface area (Å²) in [7, 11) is 0. The third kappa shape index (κ3) is 3.36. The Kier molecular flexibility index (Phi) is 5.02. The average Bonchev–Trinajstić information content (AvgIpc) is 2.04. The van der Waals surface area contributed by atoms with E-state index < -0.39 is 12.1 Å². The molecule has 0 bridgehead atoms. The number of phenols is 1. The monoisotopic (exact) mass is 192 g/mol. The maximum absolute atomic E-state index is 10.3. The van der Waals surface area contributed by atoms with Crippen LogP contribution >= 0.6 is 0 Å². The van der Waals surface area contributed by atoms with Gasteiger partial charge < -0.3 is 15.3 Å². The predicted octanol–water partition coefficient (Wildman–Crippen LogP) is -0.138. The van der Waals surface area contributed by atoms with Gasteiger partial charge in [-0.05, 0) is 17.7 Å². The number of aliphatic hydroxyl groups is 1. The van der Waals surface area contributed by atoms with Crippen LogP contribution in [0.2, 0.25) is 0 Å². The van der Waals surface area contributed by atoms with E-state index in [-0.39, 0.29) is 40.9 Å². The second-order valence-electron chi connectivity index (χ2n) is 2.33. The molecule has 0 spiro atoms. The number of hydrogen-bond donors (Lipinski definition) is 3. The molecule has 0 saturated carbocycles. The Morgan fingerprint density at radius 1 is 1.23 bits per heavy atom. The maximum atomic E-state index is 10.3. The van der Waals surface area contributed by atoms with Crippen LogP contribution in [-0.2, 0) is 4.79 Å². The van der Waals surface area contributed by atoms with E-state index in [2.05, 4.69) is 0 Å². The number of hydrogen-bond acceptors (Lipinski definition) is 3. The SMILES string of the molecule is O=C(O)C(O)c1ccc(O)cc1.[NaH]. The molecule has 0 aromatic heterocycles. The van der Waals surface area contributed by atoms with Crippen LogP contribution < -0.4 is 0 Å². The molecular formula is C8H9NaO4. The summed E-state index contributed by atoms with van der Waals surface area (Å²) in [6, 6.07) is 5.35. The van der Waals surface area contributed by atoms with Crippen LogP contribution in [0.25, 0.3) is 0 Å². The first kappa shape index (κ1) is 12.4. The van der Waals surface area contributed by atoms with E-state index in [1.807, 2.05) is 0 Å². The van der Waals surface area contributed by atoms with E-state index in [9.17, 15) is 4.79 Å². The van der Waals surface area contributed by atoms with Gasteiger partial charge in [0, 0.05) is 0 Å². The van der Waals surface area contributed by atoms with Crippen molar-refractivity contribution in [2.45, 2.75) is 6.10 Å². The summed E-state index contributed by atoms with van der Waals surface area (Å²) in [5.41, 5.74) is 0.250. The molecule has 1 aromatic rings. The minimum absolute atomic E-state index is 0. The molecule has 0 aliphatic carbocycles. The van der Waals surface area contributed by atoms with E-state index >= 15 is 0 Å². The Labute approximate surface area is 97.1 Å². The molecule has 1 rings (SSSR count). The van der Waals surface area contributed by atoms with Crippen molar-refractivity contribution in [3.8, 4) is 5.75 Å². The molecule has 13 heavy (non-hydrogen) atoms. The second-order valence-corrected chi connectivity index (χ2v) is 2.33. The Hall–Kier alpha value is -0.550. The van der Waals surface area contributed by atoms with Gasteiger partial charge in [0.2, 0.25) is 0 Å². The van der Waals surface area contributed by atoms with Crippen molar-refractivity contribution in [2.24, 2.45) is 0 Å². The minimum atomic E-state index is -1.52. The number of phenolic OH excluding ortho intramolecular Hbond substituents is 1. The van der Waals surface area contributed by atoms with Crippen molar-refractivity contribution in [2.75, 3.05) is 0 Å². The van der Waals surface area contributed by atoms with Crippen LogP contribution in [0.15, 0.2) is 24.3 Å². The molecule has 0 aliphatic rings. The average molecular weight is 192 g/mol. The fourth-order valence-electron chi connectivity index (χ4n) is 0.799. The number of benzene rings is 1. The normalized spacial score (nSPS) is 11.5. The van der Waals surface area contributed by atoms with Crippen molar-refractivity contribution in [1.82, 2.24) is 0 Å². The van der Waals surface area contributed by atoms with Crippen molar-refractivity contribution >= 4 is 35.5 Å². The van der Waals surface area contributed by atoms with Crippen molar-refractivity contribution in [3.63, 3.8) is 0 Å². The van der Waals surface area contributed by atoms with Crippen molar-refractivity contribution in [1.29, 1.82) is 0 Å². The van der Waals surface area contributed by atoms with E-state index in [1.165, 1.54) is 24.3 Å². The summed E-state index contributed by atoms with van der Waals surface area (Å²) in [5, 5.41) is 26.2. The number of carboxylic acid groups (broad SMARTS) is 1. The molecule has 0 heterocycles. The zero-order valence-corrected chi connectivity index (χ0v) is 6.14. The third-order valence-electron chi connectivity index (χ3n) is 1.44. The van der Waals surface area contributed by atoms with Gasteiger partial charge in [0.15, 0.2) is 6.10 Å². The molecule has 0 saturated heterocycles. The van der Waals surface area contributed by atoms with Gasteiger partial charge in [-0.25, -0.2) is 4.79 Å². The van der Waals surface area contributed by atoms with Crippen LogP contribution in [0.4, 0.5) is 0 Å². The summed E-state index contributed by atoms with van der Waals surface area (Å²) < 4.78 is 0. The van der Waals surface area contributed by atoms with Gasteiger partial charge in [-0.15, -0.1) is 0 Å². The molecule has 0 amide bonds. The van der Waals surface area contributed by atoms with Crippen LogP contribution in [0, 0.1) is 0 Å². The fourth-order valence-corrected chi connectivity index (χ4v) is 0.799. The summed E-state index contributed by atoms with van der Waals surface area (Å²) in [6.45, 7) is 0. The molecule has 1 unspecified atom stereocenters. The standard InChI is InChI=1S/C8H8O4.Na.H/c9-6-3-1-5(2-4-6)7(10)8(11)12;;/h1-4,7,9-10H,(H,11,12);;. The van der Waals surface area contributed by atoms with Crippen molar-refractivity contribution < 1.29 is 20.1 Å². The molecule has 0 fully saturated rings. The van der Waals surface area contributed by atoms with E-state index in [0.717, 1.165) is 0 Å². The Bertz CT molecular complexity index is 283. The van der Waals surface area contributed by atoms with Gasteiger partial charge in [-0.1, -0.05) is 12.1 Å². The number of rotatable bonds is 2. The molecule has 66 valence electrons. The van der Waals surface area contributed by atoms with E-state index in [1.54, 1.807) is 0 Å². The Balaban J connectivity index is 0.00000144. The molecule has 3 N–H and O–H groups in total. The topological polar surface area (TPSA) is 77.8 Å². The zero-order valence-electron chi connectivity index (χ0n) is 6.14. The molecule has 1 atom stereocenters. The van der Waals surface area contributed by atoms with Crippen LogP contribution in [0.1, 0.15) is 11.7 Å².